The molecule has 2 saturated heterocycles. The van der Waals surface area contributed by atoms with Gasteiger partial charge in [-0.1, -0.05) is 20.8 Å². The lowest BCUT2D eigenvalue weighted by molar-refractivity contribution is -0.132. The standard InChI is InChI=1S/C19H33N5O2/c1-15(2)19-21-20-17(26-19)13-22-7-4-8-24(12-11-22)18(25)14-23-9-5-16(3)6-10-23/h15-16H,4-14H2,1-3H3. The predicted molar refractivity (Wildman–Crippen MR) is 99.7 cm³/mol. The smallest absolute Gasteiger partial charge is 0.236 e. The van der Waals surface area contributed by atoms with Crippen LogP contribution >= 0.6 is 0 Å². The first-order valence-corrected chi connectivity index (χ1v) is 10.1. The maximum absolute atomic E-state index is 12.7. The van der Waals surface area contributed by atoms with Crippen LogP contribution in [0.4, 0.5) is 0 Å². The zero-order valence-corrected chi connectivity index (χ0v) is 16.5. The average Bonchev–Trinajstić information content (AvgIpc) is 2.95. The van der Waals surface area contributed by atoms with Gasteiger partial charge in [-0.15, -0.1) is 10.2 Å². The van der Waals surface area contributed by atoms with Crippen LogP contribution in [-0.4, -0.2) is 76.6 Å². The molecular weight excluding hydrogens is 330 g/mol. The fourth-order valence-electron chi connectivity index (χ4n) is 3.64. The lowest BCUT2D eigenvalue weighted by Crippen LogP contribution is -2.44. The van der Waals surface area contributed by atoms with Gasteiger partial charge in [-0.25, -0.2) is 0 Å². The third-order valence-electron chi connectivity index (χ3n) is 5.51. The molecule has 3 rings (SSSR count). The third-order valence-corrected chi connectivity index (χ3v) is 5.51. The second-order valence-electron chi connectivity index (χ2n) is 8.16. The van der Waals surface area contributed by atoms with Gasteiger partial charge in [-0.2, -0.15) is 0 Å². The summed E-state index contributed by atoms with van der Waals surface area (Å²) in [5, 5.41) is 8.26. The maximum atomic E-state index is 12.7. The summed E-state index contributed by atoms with van der Waals surface area (Å²) in [6.07, 6.45) is 3.42. The van der Waals surface area contributed by atoms with Gasteiger partial charge in [0.15, 0.2) is 0 Å². The van der Waals surface area contributed by atoms with Crippen LogP contribution in [0.1, 0.15) is 57.7 Å². The molecular formula is C19H33N5O2. The molecule has 2 aliphatic rings. The normalized spacial score (nSPS) is 21.3. The summed E-state index contributed by atoms with van der Waals surface area (Å²) in [7, 11) is 0. The first-order valence-electron chi connectivity index (χ1n) is 10.1. The van der Waals surface area contributed by atoms with E-state index in [-0.39, 0.29) is 11.8 Å². The van der Waals surface area contributed by atoms with Gasteiger partial charge in [-0.05, 0) is 38.3 Å². The van der Waals surface area contributed by atoms with Gasteiger partial charge in [0.25, 0.3) is 0 Å². The van der Waals surface area contributed by atoms with Crippen molar-refractivity contribution in [2.24, 2.45) is 5.92 Å². The Balaban J connectivity index is 1.45. The number of likely N-dealkylation sites (tertiary alicyclic amines) is 1. The number of carbonyl (C=O) groups excluding carboxylic acids is 1. The zero-order chi connectivity index (χ0) is 18.5. The van der Waals surface area contributed by atoms with Gasteiger partial charge in [0.2, 0.25) is 17.7 Å². The Labute approximate surface area is 156 Å². The molecule has 2 aliphatic heterocycles. The summed E-state index contributed by atoms with van der Waals surface area (Å²) in [4.78, 5) is 19.3. The van der Waals surface area contributed by atoms with Gasteiger partial charge in [0.05, 0.1) is 13.1 Å². The van der Waals surface area contributed by atoms with Crippen LogP contribution in [0, 0.1) is 5.92 Å². The van der Waals surface area contributed by atoms with E-state index in [1.54, 1.807) is 0 Å². The number of rotatable bonds is 5. The van der Waals surface area contributed by atoms with Crippen molar-refractivity contribution in [1.29, 1.82) is 0 Å². The Bertz CT molecular complexity index is 580. The quantitative estimate of drug-likeness (QED) is 0.797. The topological polar surface area (TPSA) is 65.7 Å². The highest BCUT2D eigenvalue weighted by molar-refractivity contribution is 5.78. The molecule has 1 aromatic heterocycles. The van der Waals surface area contributed by atoms with Crippen LogP contribution in [0.2, 0.25) is 0 Å². The molecule has 26 heavy (non-hydrogen) atoms. The molecule has 7 nitrogen and oxygen atoms in total. The Morgan fingerprint density at radius 2 is 1.85 bits per heavy atom. The lowest BCUT2D eigenvalue weighted by atomic mass is 9.99. The molecule has 0 atom stereocenters. The number of aromatic nitrogens is 2. The van der Waals surface area contributed by atoms with Gasteiger partial charge >= 0.3 is 0 Å². The molecule has 2 fully saturated rings. The summed E-state index contributed by atoms with van der Waals surface area (Å²) in [5.41, 5.74) is 0. The van der Waals surface area contributed by atoms with Crippen molar-refractivity contribution >= 4 is 5.91 Å². The van der Waals surface area contributed by atoms with E-state index >= 15 is 0 Å². The minimum Gasteiger partial charge on any atom is -0.424 e. The molecule has 1 aromatic rings. The molecule has 0 aliphatic carbocycles. The average molecular weight is 364 g/mol. The molecule has 0 saturated carbocycles. The molecule has 1 amide bonds. The molecule has 7 heteroatoms. The van der Waals surface area contributed by atoms with E-state index in [9.17, 15) is 4.79 Å². The molecule has 0 N–H and O–H groups in total. The molecule has 0 unspecified atom stereocenters. The van der Waals surface area contributed by atoms with Crippen molar-refractivity contribution in [2.45, 2.75) is 52.5 Å². The predicted octanol–water partition coefficient (Wildman–Crippen LogP) is 1.96. The Hall–Kier alpha value is -1.47. The van der Waals surface area contributed by atoms with Gasteiger partial charge in [0.1, 0.15) is 0 Å². The number of carbonyl (C=O) groups is 1. The van der Waals surface area contributed by atoms with E-state index in [0.29, 0.717) is 24.9 Å². The molecule has 0 aromatic carbocycles. The van der Waals surface area contributed by atoms with E-state index in [0.717, 1.165) is 51.6 Å². The SMILES string of the molecule is CC1CCN(CC(=O)N2CCCN(Cc3nnc(C(C)C)o3)CC2)CC1. The maximum Gasteiger partial charge on any atom is 0.236 e. The van der Waals surface area contributed by atoms with Crippen LogP contribution in [0.25, 0.3) is 0 Å². The summed E-state index contributed by atoms with van der Waals surface area (Å²) < 4.78 is 5.72. The number of piperidine rings is 1. The highest BCUT2D eigenvalue weighted by atomic mass is 16.4. The first kappa shape index (κ1) is 19.3. The second kappa shape index (κ2) is 8.95. The largest absolute Gasteiger partial charge is 0.424 e. The van der Waals surface area contributed by atoms with Crippen LogP contribution in [0.15, 0.2) is 4.42 Å². The summed E-state index contributed by atoms with van der Waals surface area (Å²) in [6.45, 7) is 13.2. The van der Waals surface area contributed by atoms with Crippen molar-refractivity contribution in [3.63, 3.8) is 0 Å². The van der Waals surface area contributed by atoms with E-state index < -0.39 is 0 Å². The van der Waals surface area contributed by atoms with Crippen molar-refractivity contribution in [3.05, 3.63) is 11.8 Å². The number of hydrogen-bond donors (Lipinski definition) is 0. The molecule has 0 radical (unpaired) electrons. The number of nitrogens with zero attached hydrogens (tertiary/aromatic N) is 5. The third kappa shape index (κ3) is 5.27. The van der Waals surface area contributed by atoms with Crippen LogP contribution in [-0.2, 0) is 11.3 Å². The van der Waals surface area contributed by atoms with E-state index in [4.69, 9.17) is 4.42 Å². The minimum absolute atomic E-state index is 0.256. The summed E-state index contributed by atoms with van der Waals surface area (Å²) in [5.74, 6) is 2.71. The highest BCUT2D eigenvalue weighted by Crippen LogP contribution is 2.17. The monoisotopic (exact) mass is 363 g/mol. The van der Waals surface area contributed by atoms with E-state index in [2.05, 4.69) is 40.8 Å². The van der Waals surface area contributed by atoms with Crippen molar-refractivity contribution in [2.75, 3.05) is 45.8 Å². The summed E-state index contributed by atoms with van der Waals surface area (Å²) >= 11 is 0. The molecule has 0 bridgehead atoms. The van der Waals surface area contributed by atoms with Crippen molar-refractivity contribution < 1.29 is 9.21 Å². The minimum atomic E-state index is 0.256. The van der Waals surface area contributed by atoms with Gasteiger partial charge in [-0.3, -0.25) is 14.6 Å². The second-order valence-corrected chi connectivity index (χ2v) is 8.16. The van der Waals surface area contributed by atoms with E-state index in [1.807, 2.05) is 4.90 Å². The summed E-state index contributed by atoms with van der Waals surface area (Å²) in [6, 6.07) is 0. The lowest BCUT2D eigenvalue weighted by Gasteiger charge is -2.31. The van der Waals surface area contributed by atoms with Gasteiger partial charge in [0, 0.05) is 32.1 Å². The Kier molecular flexibility index (Phi) is 6.64. The number of amides is 1. The van der Waals surface area contributed by atoms with Crippen LogP contribution < -0.4 is 0 Å². The van der Waals surface area contributed by atoms with Crippen molar-refractivity contribution in [3.8, 4) is 0 Å². The molecule has 146 valence electrons. The molecule has 3 heterocycles. The van der Waals surface area contributed by atoms with Crippen LogP contribution in [0.5, 0.6) is 0 Å². The first-order chi connectivity index (χ1) is 12.5. The van der Waals surface area contributed by atoms with Crippen LogP contribution in [0.3, 0.4) is 0 Å². The highest BCUT2D eigenvalue weighted by Gasteiger charge is 2.24. The number of hydrogen-bond acceptors (Lipinski definition) is 6. The Morgan fingerprint density at radius 3 is 2.54 bits per heavy atom. The molecule has 0 spiro atoms. The fourth-order valence-corrected chi connectivity index (χ4v) is 3.64. The van der Waals surface area contributed by atoms with Gasteiger partial charge < -0.3 is 9.32 Å². The van der Waals surface area contributed by atoms with Crippen molar-refractivity contribution in [1.82, 2.24) is 24.9 Å². The van der Waals surface area contributed by atoms with E-state index in [1.165, 1.54) is 12.8 Å². The zero-order valence-electron chi connectivity index (χ0n) is 16.5. The fraction of sp³-hybridized carbons (Fsp3) is 0.842. The Morgan fingerprint density at radius 1 is 1.08 bits per heavy atom.